The Bertz CT molecular complexity index is 881. The molecule has 0 fully saturated rings. The van der Waals surface area contributed by atoms with Crippen LogP contribution in [-0.4, -0.2) is 13.2 Å². The van der Waals surface area contributed by atoms with Gasteiger partial charge in [-0.25, -0.2) is 4.39 Å². The smallest absolute Gasteiger partial charge is 0.161 e. The quantitative estimate of drug-likeness (QED) is 0.492. The van der Waals surface area contributed by atoms with Gasteiger partial charge in [-0.3, -0.25) is 0 Å². The summed E-state index contributed by atoms with van der Waals surface area (Å²) < 4.78 is 24.4. The Morgan fingerprint density at radius 1 is 0.862 bits per heavy atom. The fraction of sp³-hybridized carbons (Fsp3) is 0.280. The van der Waals surface area contributed by atoms with E-state index in [9.17, 15) is 4.39 Å². The summed E-state index contributed by atoms with van der Waals surface area (Å²) in [4.78, 5) is 0. The number of nitrogens with one attached hydrogen (secondary N) is 1. The van der Waals surface area contributed by atoms with Gasteiger partial charge in [0.05, 0.1) is 7.11 Å². The molecule has 0 unspecified atom stereocenters. The van der Waals surface area contributed by atoms with Crippen molar-refractivity contribution >= 4 is 0 Å². The highest BCUT2D eigenvalue weighted by Crippen LogP contribution is 2.29. The van der Waals surface area contributed by atoms with Crippen molar-refractivity contribution in [2.24, 2.45) is 0 Å². The van der Waals surface area contributed by atoms with Gasteiger partial charge in [0.15, 0.2) is 11.5 Å². The lowest BCUT2D eigenvalue weighted by Gasteiger charge is -2.16. The number of methoxy groups -OCH3 is 1. The number of aryl methyl sites for hydroxylation is 1. The monoisotopic (exact) mass is 393 g/mol. The van der Waals surface area contributed by atoms with Crippen LogP contribution in [0.3, 0.4) is 0 Å². The first-order valence-corrected chi connectivity index (χ1v) is 9.95. The molecule has 152 valence electrons. The van der Waals surface area contributed by atoms with Gasteiger partial charge in [0.2, 0.25) is 0 Å². The number of hydrogen-bond donors (Lipinski definition) is 1. The maximum atomic E-state index is 13.0. The number of rotatable bonds is 10. The van der Waals surface area contributed by atoms with Crippen LogP contribution in [0.2, 0.25) is 0 Å². The molecule has 0 bridgehead atoms. The highest BCUT2D eigenvalue weighted by molar-refractivity contribution is 5.43. The molecule has 0 spiro atoms. The maximum absolute atomic E-state index is 13.0. The summed E-state index contributed by atoms with van der Waals surface area (Å²) >= 11 is 0. The van der Waals surface area contributed by atoms with E-state index in [2.05, 4.69) is 36.5 Å². The van der Waals surface area contributed by atoms with Gasteiger partial charge in [-0.15, -0.1) is 0 Å². The molecule has 0 aliphatic carbocycles. The Balaban J connectivity index is 1.50. The summed E-state index contributed by atoms with van der Waals surface area (Å²) in [6, 6.07) is 23.2. The maximum Gasteiger partial charge on any atom is 0.161 e. The van der Waals surface area contributed by atoms with Crippen LogP contribution in [-0.2, 0) is 19.6 Å². The minimum Gasteiger partial charge on any atom is -0.493 e. The van der Waals surface area contributed by atoms with Crippen LogP contribution in [0.15, 0.2) is 72.8 Å². The SMILES string of the molecule is COc1cc(CN[C@H](C)CCc2ccccc2)ccc1OCc1ccc(F)cc1. The molecule has 0 heterocycles. The van der Waals surface area contributed by atoms with E-state index in [1.54, 1.807) is 19.2 Å². The average molecular weight is 394 g/mol. The fourth-order valence-electron chi connectivity index (χ4n) is 3.10. The second-order valence-electron chi connectivity index (χ2n) is 7.21. The Kier molecular flexibility index (Phi) is 7.65. The summed E-state index contributed by atoms with van der Waals surface area (Å²) in [5, 5.41) is 3.57. The van der Waals surface area contributed by atoms with E-state index < -0.39 is 0 Å². The minimum atomic E-state index is -0.249. The summed E-state index contributed by atoms with van der Waals surface area (Å²) in [6.45, 7) is 3.34. The normalized spacial score (nSPS) is 11.8. The first kappa shape index (κ1) is 20.9. The van der Waals surface area contributed by atoms with Gasteiger partial charge in [0, 0.05) is 12.6 Å². The van der Waals surface area contributed by atoms with Crippen LogP contribution in [0.1, 0.15) is 30.0 Å². The molecular formula is C25H28FNO2. The van der Waals surface area contributed by atoms with E-state index in [4.69, 9.17) is 9.47 Å². The first-order chi connectivity index (χ1) is 14.1. The molecule has 1 N–H and O–H groups in total. The summed E-state index contributed by atoms with van der Waals surface area (Å²) in [6.07, 6.45) is 2.15. The second-order valence-corrected chi connectivity index (χ2v) is 7.21. The fourth-order valence-corrected chi connectivity index (χ4v) is 3.10. The van der Waals surface area contributed by atoms with Crippen molar-refractivity contribution in [3.05, 3.63) is 95.3 Å². The molecule has 0 radical (unpaired) electrons. The van der Waals surface area contributed by atoms with Crippen molar-refractivity contribution in [3.8, 4) is 11.5 Å². The Morgan fingerprint density at radius 3 is 2.31 bits per heavy atom. The van der Waals surface area contributed by atoms with E-state index in [-0.39, 0.29) is 5.82 Å². The van der Waals surface area contributed by atoms with Crippen molar-refractivity contribution in [2.45, 2.75) is 39.0 Å². The molecule has 4 heteroatoms. The lowest BCUT2D eigenvalue weighted by atomic mass is 10.1. The van der Waals surface area contributed by atoms with Crippen LogP contribution in [0.4, 0.5) is 4.39 Å². The number of halogens is 1. The van der Waals surface area contributed by atoms with Crippen LogP contribution >= 0.6 is 0 Å². The largest absolute Gasteiger partial charge is 0.493 e. The molecule has 3 rings (SSSR count). The van der Waals surface area contributed by atoms with Gasteiger partial charge < -0.3 is 14.8 Å². The summed E-state index contributed by atoms with van der Waals surface area (Å²) in [5.41, 5.74) is 3.42. The molecule has 3 aromatic rings. The molecule has 0 aliphatic heterocycles. The summed E-state index contributed by atoms with van der Waals surface area (Å²) in [7, 11) is 1.64. The van der Waals surface area contributed by atoms with E-state index >= 15 is 0 Å². The van der Waals surface area contributed by atoms with Crippen molar-refractivity contribution in [3.63, 3.8) is 0 Å². The zero-order valence-corrected chi connectivity index (χ0v) is 17.0. The first-order valence-electron chi connectivity index (χ1n) is 9.95. The molecule has 29 heavy (non-hydrogen) atoms. The molecular weight excluding hydrogens is 365 g/mol. The third kappa shape index (κ3) is 6.61. The van der Waals surface area contributed by atoms with Crippen LogP contribution < -0.4 is 14.8 Å². The molecule has 0 amide bonds. The lowest BCUT2D eigenvalue weighted by molar-refractivity contribution is 0.284. The van der Waals surface area contributed by atoms with Gasteiger partial charge in [-0.2, -0.15) is 0 Å². The number of hydrogen-bond acceptors (Lipinski definition) is 3. The number of benzene rings is 3. The van der Waals surface area contributed by atoms with Crippen molar-refractivity contribution in [1.29, 1.82) is 0 Å². The Morgan fingerprint density at radius 2 is 1.59 bits per heavy atom. The van der Waals surface area contributed by atoms with E-state index in [1.165, 1.54) is 17.7 Å². The molecule has 0 saturated carbocycles. The lowest BCUT2D eigenvalue weighted by Crippen LogP contribution is -2.26. The average Bonchev–Trinajstić information content (AvgIpc) is 2.76. The number of ether oxygens (including phenoxy) is 2. The third-order valence-corrected chi connectivity index (χ3v) is 4.90. The molecule has 3 nitrogen and oxygen atoms in total. The zero-order chi connectivity index (χ0) is 20.5. The van der Waals surface area contributed by atoms with Crippen LogP contribution in [0.25, 0.3) is 0 Å². The Labute approximate surface area is 172 Å². The van der Waals surface area contributed by atoms with Gasteiger partial charge in [-0.05, 0) is 60.7 Å². The van der Waals surface area contributed by atoms with Gasteiger partial charge in [0.1, 0.15) is 12.4 Å². The predicted molar refractivity (Wildman–Crippen MR) is 115 cm³/mol. The third-order valence-electron chi connectivity index (χ3n) is 4.90. The molecule has 0 aliphatic rings. The zero-order valence-electron chi connectivity index (χ0n) is 17.0. The topological polar surface area (TPSA) is 30.5 Å². The van der Waals surface area contributed by atoms with Crippen molar-refractivity contribution in [1.82, 2.24) is 5.32 Å². The van der Waals surface area contributed by atoms with Gasteiger partial charge in [0.25, 0.3) is 0 Å². The van der Waals surface area contributed by atoms with Crippen molar-refractivity contribution < 1.29 is 13.9 Å². The predicted octanol–water partition coefficient (Wildman–Crippen LogP) is 5.52. The van der Waals surface area contributed by atoms with Crippen molar-refractivity contribution in [2.75, 3.05) is 7.11 Å². The van der Waals surface area contributed by atoms with Gasteiger partial charge in [-0.1, -0.05) is 48.5 Å². The highest BCUT2D eigenvalue weighted by Gasteiger charge is 2.08. The minimum absolute atomic E-state index is 0.249. The summed E-state index contributed by atoms with van der Waals surface area (Å²) in [5.74, 6) is 1.13. The second kappa shape index (κ2) is 10.6. The standard InChI is InChI=1S/C25H28FNO2/c1-19(8-9-20-6-4-3-5-7-20)27-17-22-12-15-24(25(16-22)28-2)29-18-21-10-13-23(26)14-11-21/h3-7,10-16,19,27H,8-9,17-18H2,1-2H3/t19-/m1/s1. The van der Waals surface area contributed by atoms with Gasteiger partial charge >= 0.3 is 0 Å². The Hall–Kier alpha value is -2.85. The van der Waals surface area contributed by atoms with E-state index in [1.807, 2.05) is 24.3 Å². The molecule has 1 atom stereocenters. The molecule has 0 aromatic heterocycles. The molecule has 0 saturated heterocycles. The van der Waals surface area contributed by atoms with Crippen LogP contribution in [0, 0.1) is 5.82 Å². The van der Waals surface area contributed by atoms with Crippen LogP contribution in [0.5, 0.6) is 11.5 Å². The van der Waals surface area contributed by atoms with E-state index in [0.717, 1.165) is 30.5 Å². The highest BCUT2D eigenvalue weighted by atomic mass is 19.1. The molecule has 3 aromatic carbocycles. The van der Waals surface area contributed by atoms with E-state index in [0.29, 0.717) is 24.1 Å².